The number of carboxylic acid groups (broad SMARTS) is 1. The summed E-state index contributed by atoms with van der Waals surface area (Å²) in [5.41, 5.74) is 0. The second-order valence-corrected chi connectivity index (χ2v) is 5.79. The first-order valence-electron chi connectivity index (χ1n) is 7.59. The van der Waals surface area contributed by atoms with Gasteiger partial charge in [0.05, 0.1) is 12.0 Å². The van der Waals surface area contributed by atoms with Gasteiger partial charge in [-0.3, -0.25) is 9.69 Å². The Labute approximate surface area is 118 Å². The van der Waals surface area contributed by atoms with E-state index in [2.05, 4.69) is 26.6 Å². The third-order valence-corrected chi connectivity index (χ3v) is 4.65. The Morgan fingerprint density at radius 3 is 2.90 bits per heavy atom. The number of piperidine rings is 1. The number of likely N-dealkylation sites (tertiary alicyclic amines) is 1. The highest BCUT2D eigenvalue weighted by atomic mass is 16.4. The second-order valence-electron chi connectivity index (χ2n) is 5.79. The van der Waals surface area contributed by atoms with Crippen molar-refractivity contribution in [3.8, 4) is 0 Å². The minimum absolute atomic E-state index is 0.298. The Hall–Kier alpha value is -1.43. The van der Waals surface area contributed by atoms with Crippen molar-refractivity contribution in [1.82, 2.24) is 19.7 Å². The van der Waals surface area contributed by atoms with E-state index in [1.165, 1.54) is 12.8 Å². The smallest absolute Gasteiger partial charge is 0.307 e. The van der Waals surface area contributed by atoms with E-state index in [4.69, 9.17) is 5.11 Å². The molecule has 2 aliphatic heterocycles. The minimum Gasteiger partial charge on any atom is -0.481 e. The molecule has 2 unspecified atom stereocenters. The van der Waals surface area contributed by atoms with E-state index in [0.29, 0.717) is 18.9 Å². The van der Waals surface area contributed by atoms with Crippen LogP contribution in [0, 0.1) is 5.92 Å². The van der Waals surface area contributed by atoms with Gasteiger partial charge in [0.25, 0.3) is 0 Å². The van der Waals surface area contributed by atoms with Gasteiger partial charge in [0.1, 0.15) is 11.6 Å². The Kier molecular flexibility index (Phi) is 3.74. The third-order valence-electron chi connectivity index (χ3n) is 4.65. The van der Waals surface area contributed by atoms with Crippen LogP contribution in [0.25, 0.3) is 0 Å². The van der Waals surface area contributed by atoms with Crippen LogP contribution >= 0.6 is 0 Å². The molecule has 3 heterocycles. The number of aliphatic carboxylic acids is 1. The molecular formula is C14H22N4O2. The summed E-state index contributed by atoms with van der Waals surface area (Å²) in [6, 6.07) is 0.358. The molecule has 2 aliphatic rings. The first-order chi connectivity index (χ1) is 9.70. The normalized spacial score (nSPS) is 27.2. The molecule has 0 aromatic carbocycles. The zero-order valence-electron chi connectivity index (χ0n) is 12.0. The van der Waals surface area contributed by atoms with Gasteiger partial charge in [-0.1, -0.05) is 13.3 Å². The van der Waals surface area contributed by atoms with Gasteiger partial charge in [-0.05, 0) is 32.4 Å². The van der Waals surface area contributed by atoms with Crippen molar-refractivity contribution >= 4 is 5.97 Å². The molecule has 1 fully saturated rings. The first kappa shape index (κ1) is 13.5. The molecule has 1 saturated heterocycles. The van der Waals surface area contributed by atoms with E-state index in [-0.39, 0.29) is 5.92 Å². The minimum atomic E-state index is -0.714. The number of aromatic nitrogens is 3. The van der Waals surface area contributed by atoms with Crippen molar-refractivity contribution in [2.45, 2.75) is 51.6 Å². The van der Waals surface area contributed by atoms with Crippen molar-refractivity contribution in [3.05, 3.63) is 11.6 Å². The molecule has 0 spiro atoms. The highest BCUT2D eigenvalue weighted by Gasteiger charge is 2.32. The lowest BCUT2D eigenvalue weighted by Crippen LogP contribution is -2.36. The molecule has 0 bridgehead atoms. The van der Waals surface area contributed by atoms with Crippen molar-refractivity contribution in [2.24, 2.45) is 5.92 Å². The molecule has 1 aromatic rings. The highest BCUT2D eigenvalue weighted by Crippen LogP contribution is 2.32. The molecule has 6 heteroatoms. The monoisotopic (exact) mass is 278 g/mol. The average molecular weight is 278 g/mol. The van der Waals surface area contributed by atoms with Crippen molar-refractivity contribution in [3.63, 3.8) is 0 Å². The van der Waals surface area contributed by atoms with Crippen LogP contribution in [0.15, 0.2) is 0 Å². The number of hydrogen-bond donors (Lipinski definition) is 1. The van der Waals surface area contributed by atoms with Gasteiger partial charge in [0.2, 0.25) is 0 Å². The summed E-state index contributed by atoms with van der Waals surface area (Å²) < 4.78 is 2.16. The van der Waals surface area contributed by atoms with Gasteiger partial charge in [0.15, 0.2) is 0 Å². The van der Waals surface area contributed by atoms with Crippen LogP contribution in [0.3, 0.4) is 0 Å². The third kappa shape index (κ3) is 2.32. The van der Waals surface area contributed by atoms with Crippen molar-refractivity contribution in [1.29, 1.82) is 0 Å². The van der Waals surface area contributed by atoms with Crippen LogP contribution in [0.4, 0.5) is 0 Å². The van der Waals surface area contributed by atoms with Gasteiger partial charge >= 0.3 is 5.97 Å². The first-order valence-corrected chi connectivity index (χ1v) is 7.59. The molecule has 2 atom stereocenters. The molecule has 3 rings (SSSR count). The fourth-order valence-electron chi connectivity index (χ4n) is 3.47. The molecule has 20 heavy (non-hydrogen) atoms. The van der Waals surface area contributed by atoms with Crippen molar-refractivity contribution in [2.75, 3.05) is 13.1 Å². The fourth-order valence-corrected chi connectivity index (χ4v) is 3.47. The summed E-state index contributed by atoms with van der Waals surface area (Å²) in [7, 11) is 0. The second kappa shape index (κ2) is 5.52. The Bertz CT molecular complexity index is 499. The van der Waals surface area contributed by atoms with E-state index < -0.39 is 5.97 Å². The zero-order chi connectivity index (χ0) is 14.1. The summed E-state index contributed by atoms with van der Waals surface area (Å²) in [4.78, 5) is 13.6. The van der Waals surface area contributed by atoms with E-state index in [1.807, 2.05) is 0 Å². The SMILES string of the molecule is CCN1CCCCC1c1nnc2n1CCC(C(=O)O)C2. The van der Waals surface area contributed by atoms with Crippen LogP contribution in [-0.2, 0) is 17.8 Å². The van der Waals surface area contributed by atoms with Gasteiger partial charge in [-0.2, -0.15) is 0 Å². The lowest BCUT2D eigenvalue weighted by atomic mass is 9.97. The number of carboxylic acids is 1. The summed E-state index contributed by atoms with van der Waals surface area (Å²) >= 11 is 0. The highest BCUT2D eigenvalue weighted by molar-refractivity contribution is 5.70. The Morgan fingerprint density at radius 1 is 1.30 bits per heavy atom. The van der Waals surface area contributed by atoms with Crippen LogP contribution < -0.4 is 0 Å². The van der Waals surface area contributed by atoms with E-state index in [1.54, 1.807) is 0 Å². The maximum atomic E-state index is 11.1. The van der Waals surface area contributed by atoms with Gasteiger partial charge < -0.3 is 9.67 Å². The number of fused-ring (bicyclic) bond motifs is 1. The molecular weight excluding hydrogens is 256 g/mol. The number of nitrogens with zero attached hydrogens (tertiary/aromatic N) is 4. The fraction of sp³-hybridized carbons (Fsp3) is 0.786. The molecule has 0 saturated carbocycles. The lowest BCUT2D eigenvalue weighted by Gasteiger charge is -2.34. The molecule has 1 aromatic heterocycles. The molecule has 6 nitrogen and oxygen atoms in total. The summed E-state index contributed by atoms with van der Waals surface area (Å²) in [5.74, 6) is 0.882. The Balaban J connectivity index is 1.84. The summed E-state index contributed by atoms with van der Waals surface area (Å²) in [6.07, 6.45) is 4.83. The largest absolute Gasteiger partial charge is 0.481 e. The van der Waals surface area contributed by atoms with E-state index in [9.17, 15) is 4.79 Å². The molecule has 0 aliphatic carbocycles. The average Bonchev–Trinajstić information content (AvgIpc) is 2.89. The molecule has 0 amide bonds. The maximum Gasteiger partial charge on any atom is 0.307 e. The zero-order valence-corrected chi connectivity index (χ0v) is 12.0. The predicted octanol–water partition coefficient (Wildman–Crippen LogP) is 1.47. The van der Waals surface area contributed by atoms with Crippen molar-refractivity contribution < 1.29 is 9.90 Å². The van der Waals surface area contributed by atoms with Crippen LogP contribution in [0.5, 0.6) is 0 Å². The molecule has 110 valence electrons. The van der Waals surface area contributed by atoms with Gasteiger partial charge in [-0.15, -0.1) is 10.2 Å². The van der Waals surface area contributed by atoms with Gasteiger partial charge in [0, 0.05) is 13.0 Å². The standard InChI is InChI=1S/C14H22N4O2/c1-2-17-7-4-3-5-11(17)13-16-15-12-9-10(14(19)20)6-8-18(12)13/h10-11H,2-9H2,1H3,(H,19,20). The van der Waals surface area contributed by atoms with Crippen LogP contribution in [0.1, 0.15) is 50.3 Å². The molecule has 1 N–H and O–H groups in total. The quantitative estimate of drug-likeness (QED) is 0.906. The summed E-state index contributed by atoms with van der Waals surface area (Å²) in [5, 5.41) is 17.8. The van der Waals surface area contributed by atoms with Gasteiger partial charge in [-0.25, -0.2) is 0 Å². The molecule has 0 radical (unpaired) electrons. The Morgan fingerprint density at radius 2 is 2.15 bits per heavy atom. The lowest BCUT2D eigenvalue weighted by molar-refractivity contribution is -0.142. The maximum absolute atomic E-state index is 11.1. The number of rotatable bonds is 3. The van der Waals surface area contributed by atoms with E-state index >= 15 is 0 Å². The number of hydrogen-bond acceptors (Lipinski definition) is 4. The summed E-state index contributed by atoms with van der Waals surface area (Å²) in [6.45, 7) is 5.08. The number of carbonyl (C=O) groups is 1. The topological polar surface area (TPSA) is 71.2 Å². The predicted molar refractivity (Wildman–Crippen MR) is 73.3 cm³/mol. The van der Waals surface area contributed by atoms with Crippen LogP contribution in [0.2, 0.25) is 0 Å². The van der Waals surface area contributed by atoms with Crippen LogP contribution in [-0.4, -0.2) is 43.8 Å². The van der Waals surface area contributed by atoms with E-state index in [0.717, 1.165) is 37.7 Å².